The van der Waals surface area contributed by atoms with Gasteiger partial charge in [-0.15, -0.1) is 0 Å². The molecule has 1 saturated heterocycles. The lowest BCUT2D eigenvalue weighted by atomic mass is 10.2. The van der Waals surface area contributed by atoms with Crippen molar-refractivity contribution in [3.05, 3.63) is 0 Å². The molecule has 0 amide bonds. The molecule has 1 atom stereocenters. The van der Waals surface area contributed by atoms with Crippen LogP contribution >= 0.6 is 0 Å². The fourth-order valence-corrected chi connectivity index (χ4v) is 1.02. The predicted molar refractivity (Wildman–Crippen MR) is 50.0 cm³/mol. The maximum atomic E-state index is 10.1. The molecule has 0 aromatic rings. The van der Waals surface area contributed by atoms with Gasteiger partial charge in [-0.25, -0.2) is 0 Å². The molecule has 0 aromatic carbocycles. The van der Waals surface area contributed by atoms with E-state index in [9.17, 15) is 9.59 Å². The van der Waals surface area contributed by atoms with Crippen molar-refractivity contribution in [2.45, 2.75) is 25.3 Å². The van der Waals surface area contributed by atoms with Gasteiger partial charge in [0.1, 0.15) is 6.04 Å². The van der Waals surface area contributed by atoms with Crippen LogP contribution in [0.15, 0.2) is 0 Å². The third kappa shape index (κ3) is 6.38. The summed E-state index contributed by atoms with van der Waals surface area (Å²) in [6.07, 6.45) is 1.85. The average molecular weight is 204 g/mol. The van der Waals surface area contributed by atoms with Gasteiger partial charge in [-0.3, -0.25) is 9.59 Å². The fraction of sp³-hybridized carbons (Fsp3) is 0.750. The summed E-state index contributed by atoms with van der Waals surface area (Å²) in [7, 11) is 0. The molecule has 1 aliphatic heterocycles. The first kappa shape index (κ1) is 12.9. The first-order valence-corrected chi connectivity index (χ1v) is 4.46. The number of carboxylic acid groups (broad SMARTS) is 2. The standard InChI is InChI=1S/C5H9NO2.C3H7NO2/c7-5(8)4-2-1-3-6-4;4-2-1-3(5)6/h4,6H,1-3H2,(H,7,8);1-2,4H2,(H,5,6)/t4-;/m0./s1. The number of hydrogen-bond acceptors (Lipinski definition) is 4. The summed E-state index contributed by atoms with van der Waals surface area (Å²) >= 11 is 0. The van der Waals surface area contributed by atoms with E-state index in [0.717, 1.165) is 19.4 Å². The lowest BCUT2D eigenvalue weighted by Gasteiger charge is -1.99. The van der Waals surface area contributed by atoms with Crippen LogP contribution in [0.5, 0.6) is 0 Å². The van der Waals surface area contributed by atoms with Crippen LogP contribution in [0.3, 0.4) is 0 Å². The molecule has 0 aromatic heterocycles. The topological polar surface area (TPSA) is 113 Å². The second-order valence-electron chi connectivity index (χ2n) is 2.92. The van der Waals surface area contributed by atoms with Gasteiger partial charge < -0.3 is 21.3 Å². The Balaban J connectivity index is 0.000000255. The first-order valence-electron chi connectivity index (χ1n) is 4.46. The van der Waals surface area contributed by atoms with Gasteiger partial charge in [0, 0.05) is 6.54 Å². The van der Waals surface area contributed by atoms with Crippen LogP contribution in [0.25, 0.3) is 0 Å². The van der Waals surface area contributed by atoms with Crippen LogP contribution in [-0.4, -0.2) is 41.3 Å². The molecule has 1 aliphatic rings. The van der Waals surface area contributed by atoms with Crippen molar-refractivity contribution in [2.75, 3.05) is 13.1 Å². The Morgan fingerprint density at radius 1 is 1.43 bits per heavy atom. The van der Waals surface area contributed by atoms with Crippen molar-refractivity contribution in [1.82, 2.24) is 5.32 Å². The van der Waals surface area contributed by atoms with E-state index in [2.05, 4.69) is 5.32 Å². The van der Waals surface area contributed by atoms with Gasteiger partial charge in [0.05, 0.1) is 6.42 Å². The Labute approximate surface area is 82.1 Å². The molecule has 6 nitrogen and oxygen atoms in total. The van der Waals surface area contributed by atoms with Crippen LogP contribution in [0.2, 0.25) is 0 Å². The minimum atomic E-state index is -0.836. The van der Waals surface area contributed by atoms with Gasteiger partial charge in [0.15, 0.2) is 0 Å². The molecule has 1 heterocycles. The van der Waals surface area contributed by atoms with Gasteiger partial charge in [0.25, 0.3) is 0 Å². The van der Waals surface area contributed by atoms with Crippen molar-refractivity contribution < 1.29 is 19.8 Å². The van der Waals surface area contributed by atoms with Crippen molar-refractivity contribution in [3.63, 3.8) is 0 Å². The number of hydrogen-bond donors (Lipinski definition) is 4. The minimum absolute atomic E-state index is 0.0694. The number of aliphatic carboxylic acids is 2. The van der Waals surface area contributed by atoms with Crippen LogP contribution in [0, 0.1) is 0 Å². The molecule has 0 radical (unpaired) electrons. The second kappa shape index (κ2) is 7.28. The highest BCUT2D eigenvalue weighted by Gasteiger charge is 2.20. The summed E-state index contributed by atoms with van der Waals surface area (Å²) in [6.45, 7) is 1.09. The Bertz CT molecular complexity index is 190. The lowest BCUT2D eigenvalue weighted by Crippen LogP contribution is -2.29. The lowest BCUT2D eigenvalue weighted by molar-refractivity contribution is -0.139. The zero-order valence-electron chi connectivity index (χ0n) is 7.90. The third-order valence-electron chi connectivity index (χ3n) is 1.72. The number of rotatable bonds is 3. The number of nitrogens with two attached hydrogens (primary N) is 1. The highest BCUT2D eigenvalue weighted by atomic mass is 16.4. The Kier molecular flexibility index (Phi) is 6.69. The SMILES string of the molecule is NCCC(=O)O.O=C(O)[C@@H]1CCCN1. The second-order valence-corrected chi connectivity index (χ2v) is 2.92. The van der Waals surface area contributed by atoms with E-state index in [4.69, 9.17) is 15.9 Å². The summed E-state index contributed by atoms with van der Waals surface area (Å²) < 4.78 is 0. The molecule has 1 rings (SSSR count). The molecule has 1 fully saturated rings. The van der Waals surface area contributed by atoms with Crippen LogP contribution < -0.4 is 11.1 Å². The third-order valence-corrected chi connectivity index (χ3v) is 1.72. The van der Waals surface area contributed by atoms with Crippen molar-refractivity contribution in [1.29, 1.82) is 0 Å². The van der Waals surface area contributed by atoms with Crippen LogP contribution in [0.4, 0.5) is 0 Å². The minimum Gasteiger partial charge on any atom is -0.481 e. The van der Waals surface area contributed by atoms with E-state index < -0.39 is 11.9 Å². The average Bonchev–Trinajstić information content (AvgIpc) is 2.56. The molecule has 0 spiro atoms. The monoisotopic (exact) mass is 204 g/mol. The Morgan fingerprint density at radius 2 is 2.07 bits per heavy atom. The molecule has 82 valence electrons. The number of carbonyl (C=O) groups is 2. The van der Waals surface area contributed by atoms with Crippen LogP contribution in [-0.2, 0) is 9.59 Å². The molecular formula is C8H16N2O4. The zero-order valence-corrected chi connectivity index (χ0v) is 7.90. The van der Waals surface area contributed by atoms with Gasteiger partial charge in [-0.05, 0) is 19.4 Å². The summed E-state index contributed by atoms with van der Waals surface area (Å²) in [5.74, 6) is -1.56. The quantitative estimate of drug-likeness (QED) is 0.481. The van der Waals surface area contributed by atoms with E-state index in [1.165, 1.54) is 0 Å². The predicted octanol–water partition coefficient (Wildman–Crippen LogP) is -0.757. The largest absolute Gasteiger partial charge is 0.481 e. The molecule has 5 N–H and O–H groups in total. The van der Waals surface area contributed by atoms with Crippen molar-refractivity contribution in [3.8, 4) is 0 Å². The molecule has 0 aliphatic carbocycles. The first-order chi connectivity index (χ1) is 6.57. The molecule has 0 bridgehead atoms. The fourth-order valence-electron chi connectivity index (χ4n) is 1.02. The normalized spacial score (nSPS) is 19.6. The zero-order chi connectivity index (χ0) is 11.0. The van der Waals surface area contributed by atoms with Crippen molar-refractivity contribution >= 4 is 11.9 Å². The number of carboxylic acids is 2. The van der Waals surface area contributed by atoms with E-state index in [1.54, 1.807) is 0 Å². The van der Waals surface area contributed by atoms with Gasteiger partial charge >= 0.3 is 11.9 Å². The summed E-state index contributed by atoms with van der Waals surface area (Å²) in [5, 5.41) is 19.0. The Morgan fingerprint density at radius 3 is 2.21 bits per heavy atom. The highest BCUT2D eigenvalue weighted by Crippen LogP contribution is 2.03. The van der Waals surface area contributed by atoms with E-state index in [1.807, 2.05) is 0 Å². The smallest absolute Gasteiger partial charge is 0.320 e. The van der Waals surface area contributed by atoms with E-state index in [-0.39, 0.29) is 19.0 Å². The molecule has 0 saturated carbocycles. The maximum absolute atomic E-state index is 10.1. The van der Waals surface area contributed by atoms with E-state index in [0.29, 0.717) is 0 Å². The molecule has 6 heteroatoms. The number of nitrogens with one attached hydrogen (secondary N) is 1. The summed E-state index contributed by atoms with van der Waals surface area (Å²) in [4.78, 5) is 19.7. The molecule has 14 heavy (non-hydrogen) atoms. The summed E-state index contributed by atoms with van der Waals surface area (Å²) in [6, 6.07) is -0.269. The van der Waals surface area contributed by atoms with Crippen LogP contribution in [0.1, 0.15) is 19.3 Å². The van der Waals surface area contributed by atoms with Gasteiger partial charge in [-0.1, -0.05) is 0 Å². The van der Waals surface area contributed by atoms with E-state index >= 15 is 0 Å². The Hall–Kier alpha value is -1.14. The van der Waals surface area contributed by atoms with Gasteiger partial charge in [-0.2, -0.15) is 0 Å². The maximum Gasteiger partial charge on any atom is 0.320 e. The van der Waals surface area contributed by atoms with Crippen molar-refractivity contribution in [2.24, 2.45) is 5.73 Å². The molecule has 0 unspecified atom stereocenters. The van der Waals surface area contributed by atoms with Gasteiger partial charge in [0.2, 0.25) is 0 Å². The summed E-state index contributed by atoms with van der Waals surface area (Å²) in [5.41, 5.74) is 4.85. The molecular weight excluding hydrogens is 188 g/mol. The highest BCUT2D eigenvalue weighted by molar-refractivity contribution is 5.73.